The van der Waals surface area contributed by atoms with Crippen LogP contribution in [0, 0.1) is 0 Å². The average Bonchev–Trinajstić information content (AvgIpc) is 3.32. The van der Waals surface area contributed by atoms with Crippen molar-refractivity contribution in [1.29, 1.82) is 0 Å². The predicted octanol–water partition coefficient (Wildman–Crippen LogP) is 3.98. The number of nitrogens with one attached hydrogen (secondary N) is 2. The summed E-state index contributed by atoms with van der Waals surface area (Å²) in [6, 6.07) is 9.79. The van der Waals surface area contributed by atoms with Crippen LogP contribution in [0.4, 0.5) is 5.13 Å². The first-order valence-corrected chi connectivity index (χ1v) is 10.9. The molecule has 9 heteroatoms. The molecule has 0 saturated carbocycles. The third-order valence-corrected chi connectivity index (χ3v) is 6.23. The summed E-state index contributed by atoms with van der Waals surface area (Å²) in [6.45, 7) is 0. The fraction of sp³-hybridized carbons (Fsp3) is 0.111. The van der Waals surface area contributed by atoms with Crippen molar-refractivity contribution in [3.63, 3.8) is 0 Å². The maximum absolute atomic E-state index is 12.6. The van der Waals surface area contributed by atoms with E-state index < -0.39 is 0 Å². The Bertz CT molecular complexity index is 1120. The topological polar surface area (TPSA) is 87.7 Å². The Labute approximate surface area is 166 Å². The van der Waals surface area contributed by atoms with Crippen molar-refractivity contribution in [3.8, 4) is 11.1 Å². The molecule has 0 atom stereocenters. The van der Waals surface area contributed by atoms with Crippen LogP contribution in [0.3, 0.4) is 0 Å². The molecule has 1 aromatic carbocycles. The summed E-state index contributed by atoms with van der Waals surface area (Å²) < 4.78 is 0. The summed E-state index contributed by atoms with van der Waals surface area (Å²) in [7, 11) is 0. The molecule has 3 aromatic heterocycles. The Morgan fingerprint density at radius 1 is 1.22 bits per heavy atom. The lowest BCUT2D eigenvalue weighted by molar-refractivity contribution is -0.113. The van der Waals surface area contributed by atoms with Crippen molar-refractivity contribution < 1.29 is 4.79 Å². The second-order valence-corrected chi connectivity index (χ2v) is 8.32. The van der Waals surface area contributed by atoms with Crippen molar-refractivity contribution in [3.05, 3.63) is 63.5 Å². The quantitative estimate of drug-likeness (QED) is 0.498. The van der Waals surface area contributed by atoms with E-state index in [-0.39, 0.29) is 17.2 Å². The van der Waals surface area contributed by atoms with E-state index >= 15 is 0 Å². The lowest BCUT2D eigenvalue weighted by atomic mass is 10.1. The Balaban J connectivity index is 1.46. The van der Waals surface area contributed by atoms with Gasteiger partial charge in [-0.1, -0.05) is 30.3 Å². The summed E-state index contributed by atoms with van der Waals surface area (Å²) in [5.41, 5.74) is 1.74. The highest BCUT2D eigenvalue weighted by Crippen LogP contribution is 2.30. The molecule has 4 rings (SSSR count). The summed E-state index contributed by atoms with van der Waals surface area (Å²) in [5.74, 6) is 1.16. The van der Waals surface area contributed by atoms with Gasteiger partial charge in [0, 0.05) is 22.5 Å². The number of rotatable bonds is 6. The molecular formula is C18H14N4O2S3. The Morgan fingerprint density at radius 3 is 2.85 bits per heavy atom. The van der Waals surface area contributed by atoms with E-state index in [2.05, 4.69) is 20.3 Å². The highest BCUT2D eigenvalue weighted by Gasteiger charge is 2.13. The van der Waals surface area contributed by atoms with Crippen LogP contribution in [0.1, 0.15) is 5.82 Å². The molecule has 6 nitrogen and oxygen atoms in total. The first-order valence-electron chi connectivity index (χ1n) is 8.03. The highest BCUT2D eigenvalue weighted by molar-refractivity contribution is 7.99. The predicted molar refractivity (Wildman–Crippen MR) is 113 cm³/mol. The molecule has 0 radical (unpaired) electrons. The Morgan fingerprint density at radius 2 is 2.07 bits per heavy atom. The largest absolute Gasteiger partial charge is 0.309 e. The zero-order valence-corrected chi connectivity index (χ0v) is 16.4. The molecule has 0 aliphatic heterocycles. The minimum Gasteiger partial charge on any atom is -0.309 e. The monoisotopic (exact) mass is 414 g/mol. The van der Waals surface area contributed by atoms with Crippen molar-refractivity contribution in [1.82, 2.24) is 15.0 Å². The number of aromatic amines is 1. The number of thiazole rings is 1. The number of hydrogen-bond acceptors (Lipinski definition) is 7. The van der Waals surface area contributed by atoms with Gasteiger partial charge in [-0.25, -0.2) is 9.97 Å². The maximum Gasteiger partial charge on any atom is 0.260 e. The second-order valence-electron chi connectivity index (χ2n) is 5.59. The number of nitrogens with zero attached hydrogens (tertiary/aromatic N) is 2. The summed E-state index contributed by atoms with van der Waals surface area (Å²) in [5, 5.41) is 7.69. The summed E-state index contributed by atoms with van der Waals surface area (Å²) in [4.78, 5) is 36.6. The van der Waals surface area contributed by atoms with Crippen LogP contribution < -0.4 is 10.9 Å². The molecule has 0 spiro atoms. The van der Waals surface area contributed by atoms with Gasteiger partial charge in [0.1, 0.15) is 10.7 Å². The average molecular weight is 415 g/mol. The molecule has 0 fully saturated rings. The molecule has 0 bridgehead atoms. The molecular weight excluding hydrogens is 400 g/mol. The normalized spacial score (nSPS) is 11.0. The summed E-state index contributed by atoms with van der Waals surface area (Å²) >= 11 is 4.22. The Kier molecular flexibility index (Phi) is 5.33. The van der Waals surface area contributed by atoms with Gasteiger partial charge < -0.3 is 10.3 Å². The number of anilines is 1. The third-order valence-electron chi connectivity index (χ3n) is 3.73. The van der Waals surface area contributed by atoms with Crippen molar-refractivity contribution in [2.75, 3.05) is 11.1 Å². The van der Waals surface area contributed by atoms with Crippen LogP contribution in [0.25, 0.3) is 21.3 Å². The zero-order valence-electron chi connectivity index (χ0n) is 14.0. The fourth-order valence-corrected chi connectivity index (χ4v) is 4.77. The number of aromatic nitrogens is 3. The van der Waals surface area contributed by atoms with Gasteiger partial charge in [-0.05, 0) is 5.56 Å². The van der Waals surface area contributed by atoms with Crippen LogP contribution in [-0.2, 0) is 10.5 Å². The lowest BCUT2D eigenvalue weighted by Gasteiger charge is -2.03. The summed E-state index contributed by atoms with van der Waals surface area (Å²) in [6.07, 6.45) is 1.64. The second kappa shape index (κ2) is 8.03. The van der Waals surface area contributed by atoms with E-state index in [1.54, 1.807) is 11.6 Å². The standard InChI is InChI=1S/C18H14N4O2S3/c23-14(22-18-19-6-7-26-18)10-25-9-13-20-16(24)15-12(8-27-17(15)21-13)11-4-2-1-3-5-11/h1-8H,9-10H2,(H,19,22,23)(H,20,21,24). The highest BCUT2D eigenvalue weighted by atomic mass is 32.2. The van der Waals surface area contributed by atoms with Crippen LogP contribution in [-0.4, -0.2) is 26.6 Å². The van der Waals surface area contributed by atoms with Gasteiger partial charge >= 0.3 is 0 Å². The van der Waals surface area contributed by atoms with E-state index in [0.717, 1.165) is 11.1 Å². The fourth-order valence-electron chi connectivity index (χ4n) is 2.57. The van der Waals surface area contributed by atoms with Gasteiger partial charge in [-0.3, -0.25) is 9.59 Å². The maximum atomic E-state index is 12.6. The number of carbonyl (C=O) groups is 1. The molecule has 4 aromatic rings. The van der Waals surface area contributed by atoms with Crippen molar-refractivity contribution in [2.24, 2.45) is 0 Å². The molecule has 1 amide bonds. The molecule has 0 saturated heterocycles. The van der Waals surface area contributed by atoms with E-state index in [1.165, 1.54) is 34.4 Å². The van der Waals surface area contributed by atoms with Gasteiger partial charge in [0.25, 0.3) is 5.56 Å². The van der Waals surface area contributed by atoms with E-state index in [9.17, 15) is 9.59 Å². The number of benzene rings is 1. The molecule has 27 heavy (non-hydrogen) atoms. The SMILES string of the molecule is O=C(CSCc1nc2scc(-c3ccccc3)c2c(=O)[nH]1)Nc1nccs1. The molecule has 3 heterocycles. The number of fused-ring (bicyclic) bond motifs is 1. The molecule has 0 aliphatic rings. The van der Waals surface area contributed by atoms with Crippen LogP contribution in [0.15, 0.2) is 52.1 Å². The van der Waals surface area contributed by atoms with E-state index in [0.29, 0.717) is 26.9 Å². The van der Waals surface area contributed by atoms with Gasteiger partial charge in [-0.2, -0.15) is 0 Å². The molecule has 0 unspecified atom stereocenters. The first-order chi connectivity index (χ1) is 13.2. The van der Waals surface area contributed by atoms with Gasteiger partial charge in [-0.15, -0.1) is 34.4 Å². The number of carbonyl (C=O) groups excluding carboxylic acids is 1. The van der Waals surface area contributed by atoms with Gasteiger partial charge in [0.05, 0.1) is 16.9 Å². The van der Waals surface area contributed by atoms with Gasteiger partial charge in [0.2, 0.25) is 5.91 Å². The van der Waals surface area contributed by atoms with Crippen LogP contribution in [0.2, 0.25) is 0 Å². The van der Waals surface area contributed by atoms with Crippen molar-refractivity contribution >= 4 is 55.7 Å². The minimum absolute atomic E-state index is 0.124. The molecule has 136 valence electrons. The number of amides is 1. The van der Waals surface area contributed by atoms with Crippen LogP contribution in [0.5, 0.6) is 0 Å². The number of H-pyrrole nitrogens is 1. The number of thiophene rings is 1. The van der Waals surface area contributed by atoms with E-state index in [4.69, 9.17) is 0 Å². The van der Waals surface area contributed by atoms with E-state index in [1.807, 2.05) is 35.7 Å². The molecule has 2 N–H and O–H groups in total. The van der Waals surface area contributed by atoms with Crippen molar-refractivity contribution in [2.45, 2.75) is 5.75 Å². The molecule has 0 aliphatic carbocycles. The zero-order chi connectivity index (χ0) is 18.6. The third kappa shape index (κ3) is 4.10. The van der Waals surface area contributed by atoms with Crippen LogP contribution >= 0.6 is 34.4 Å². The Hall–Kier alpha value is -2.49. The first kappa shape index (κ1) is 17.9. The lowest BCUT2D eigenvalue weighted by Crippen LogP contribution is -2.15. The number of hydrogen-bond donors (Lipinski definition) is 2. The smallest absolute Gasteiger partial charge is 0.260 e. The number of thioether (sulfide) groups is 1. The minimum atomic E-state index is -0.150. The van der Waals surface area contributed by atoms with Gasteiger partial charge in [0.15, 0.2) is 5.13 Å².